The number of nitrogens with zero attached hydrogens (tertiary/aromatic N) is 4. The van der Waals surface area contributed by atoms with Crippen LogP contribution in [0.15, 0.2) is 42.2 Å². The molecule has 1 saturated heterocycles. The van der Waals surface area contributed by atoms with Crippen molar-refractivity contribution < 1.29 is 24.1 Å². The summed E-state index contributed by atoms with van der Waals surface area (Å²) < 4.78 is 21.5. The quantitative estimate of drug-likeness (QED) is 0.576. The maximum absolute atomic E-state index is 14.2. The van der Waals surface area contributed by atoms with Gasteiger partial charge in [-0.15, -0.1) is 0 Å². The Morgan fingerprint density at radius 3 is 3.00 bits per heavy atom. The summed E-state index contributed by atoms with van der Waals surface area (Å²) in [6.45, 7) is 0.286. The maximum atomic E-state index is 14.2. The van der Waals surface area contributed by atoms with Crippen molar-refractivity contribution in [2.24, 2.45) is 5.92 Å². The number of amides is 1. The lowest BCUT2D eigenvalue weighted by Crippen LogP contribution is -2.40. The number of β-amino-alcohol motifs (C(OH)–C–C–N with tert-alkyl or cyclic N) is 1. The van der Waals surface area contributed by atoms with Gasteiger partial charge in [-0.2, -0.15) is 5.10 Å². The lowest BCUT2D eigenvalue weighted by Gasteiger charge is -2.34. The third-order valence-corrected chi connectivity index (χ3v) is 5.83. The van der Waals surface area contributed by atoms with Crippen molar-refractivity contribution in [2.45, 2.75) is 31.1 Å². The molecule has 9 nitrogen and oxygen atoms in total. The monoisotopic (exact) mass is 415 g/mol. The number of hydrogen-bond acceptors (Lipinski definition) is 7. The third-order valence-electron chi connectivity index (χ3n) is 5.83. The van der Waals surface area contributed by atoms with E-state index in [1.807, 2.05) is 4.90 Å². The molecule has 1 amide bonds. The van der Waals surface area contributed by atoms with Crippen LogP contribution < -0.4 is 10.2 Å². The summed E-state index contributed by atoms with van der Waals surface area (Å²) >= 11 is 0. The number of fused-ring (bicyclic) bond motifs is 5. The fraction of sp³-hybridized carbons (Fsp3) is 0.450. The topological polar surface area (TPSA) is 112 Å². The van der Waals surface area contributed by atoms with Crippen molar-refractivity contribution in [1.29, 1.82) is 0 Å². The Morgan fingerprint density at radius 1 is 1.27 bits per heavy atom. The van der Waals surface area contributed by atoms with Gasteiger partial charge in [-0.25, -0.2) is 13.9 Å². The molecule has 4 heterocycles. The first-order valence-corrected chi connectivity index (χ1v) is 9.94. The van der Waals surface area contributed by atoms with Gasteiger partial charge in [-0.05, 0) is 24.6 Å². The molecule has 1 fully saturated rings. The predicted molar refractivity (Wildman–Crippen MR) is 104 cm³/mol. The van der Waals surface area contributed by atoms with Crippen LogP contribution in [-0.2, 0) is 4.74 Å². The molecule has 0 spiro atoms. The number of halogens is 1. The molecule has 0 aromatic carbocycles. The van der Waals surface area contributed by atoms with E-state index in [0.717, 1.165) is 0 Å². The highest BCUT2D eigenvalue weighted by atomic mass is 19.1. The fourth-order valence-electron chi connectivity index (χ4n) is 4.38. The summed E-state index contributed by atoms with van der Waals surface area (Å²) in [4.78, 5) is 19.1. The molecule has 2 aromatic heterocycles. The molecule has 0 saturated carbocycles. The summed E-state index contributed by atoms with van der Waals surface area (Å²) in [6, 6.07) is 1.52. The number of rotatable bonds is 0. The van der Waals surface area contributed by atoms with Gasteiger partial charge in [-0.3, -0.25) is 4.79 Å². The number of hydrogen-bond donors (Lipinski definition) is 3. The Bertz CT molecular complexity index is 1050. The zero-order valence-corrected chi connectivity index (χ0v) is 16.1. The van der Waals surface area contributed by atoms with Crippen LogP contribution in [0.2, 0.25) is 0 Å². The Hall–Kier alpha value is -2.98. The van der Waals surface area contributed by atoms with E-state index >= 15 is 0 Å². The van der Waals surface area contributed by atoms with Crippen LogP contribution in [0.4, 0.5) is 10.2 Å². The van der Waals surface area contributed by atoms with Crippen molar-refractivity contribution in [3.05, 3.63) is 47.8 Å². The van der Waals surface area contributed by atoms with Gasteiger partial charge in [0, 0.05) is 37.7 Å². The SMILES string of the molecule is O=C1NC[C@@H](O)COC2=CC=C(F)CC2[C@@H]2C[C@@H](O)CN2c2ccn3ncc1c3n2. The standard InChI is InChI=1S/C20H22FN5O4/c21-11-1-2-17-14(5-11)16-6-12(27)9-25(16)18-3-4-26-19(24-18)15(8-23-26)20(29)22-7-13(28)10-30-17/h1-4,8,12-14,16,27-28H,5-7,9-10H2,(H,22,29)/t12-,13-,14?,16+/m1/s1. The van der Waals surface area contributed by atoms with Gasteiger partial charge in [0.1, 0.15) is 35.7 Å². The molecule has 158 valence electrons. The number of allylic oxidation sites excluding steroid dienone is 3. The third kappa shape index (κ3) is 3.31. The first-order valence-electron chi connectivity index (χ1n) is 9.94. The van der Waals surface area contributed by atoms with Crippen LogP contribution >= 0.6 is 0 Å². The second-order valence-corrected chi connectivity index (χ2v) is 7.89. The van der Waals surface area contributed by atoms with E-state index in [0.29, 0.717) is 30.2 Å². The van der Waals surface area contributed by atoms with E-state index in [4.69, 9.17) is 4.74 Å². The molecule has 1 aliphatic carbocycles. The number of carbonyl (C=O) groups excluding carboxylic acids is 1. The fourth-order valence-corrected chi connectivity index (χ4v) is 4.38. The molecule has 2 bridgehead atoms. The number of carbonyl (C=O) groups is 1. The van der Waals surface area contributed by atoms with Crippen LogP contribution in [0.25, 0.3) is 5.65 Å². The van der Waals surface area contributed by atoms with Gasteiger partial charge in [0.25, 0.3) is 5.91 Å². The van der Waals surface area contributed by atoms with Crippen molar-refractivity contribution in [2.75, 3.05) is 24.6 Å². The van der Waals surface area contributed by atoms with Gasteiger partial charge in [0.05, 0.1) is 12.3 Å². The number of aromatic nitrogens is 3. The maximum Gasteiger partial charge on any atom is 0.256 e. The minimum Gasteiger partial charge on any atom is -0.495 e. The van der Waals surface area contributed by atoms with Crippen molar-refractivity contribution in [3.8, 4) is 0 Å². The van der Waals surface area contributed by atoms with E-state index in [1.54, 1.807) is 18.3 Å². The average molecular weight is 415 g/mol. The lowest BCUT2D eigenvalue weighted by molar-refractivity contribution is 0.0537. The van der Waals surface area contributed by atoms with Gasteiger partial charge in [0.2, 0.25) is 0 Å². The summed E-state index contributed by atoms with van der Waals surface area (Å²) in [7, 11) is 0. The van der Waals surface area contributed by atoms with Crippen LogP contribution in [0.3, 0.4) is 0 Å². The minimum atomic E-state index is -0.940. The zero-order chi connectivity index (χ0) is 20.8. The molecule has 2 aliphatic heterocycles. The number of aliphatic hydroxyl groups excluding tert-OH is 2. The van der Waals surface area contributed by atoms with Gasteiger partial charge < -0.3 is 25.2 Å². The summed E-state index contributed by atoms with van der Waals surface area (Å²) in [6.07, 6.45) is 5.10. The average Bonchev–Trinajstić information content (AvgIpc) is 3.33. The second kappa shape index (κ2) is 7.37. The molecule has 0 radical (unpaired) electrons. The Labute approximate surface area is 171 Å². The zero-order valence-electron chi connectivity index (χ0n) is 16.1. The summed E-state index contributed by atoms with van der Waals surface area (Å²) in [5.74, 6) is 0.131. The second-order valence-electron chi connectivity index (χ2n) is 7.89. The minimum absolute atomic E-state index is 0.00766. The van der Waals surface area contributed by atoms with E-state index < -0.39 is 18.1 Å². The highest BCUT2D eigenvalue weighted by Crippen LogP contribution is 2.38. The van der Waals surface area contributed by atoms with Gasteiger partial charge in [0.15, 0.2) is 5.65 Å². The smallest absolute Gasteiger partial charge is 0.256 e. The lowest BCUT2D eigenvalue weighted by atomic mass is 9.88. The molecule has 2 aromatic rings. The van der Waals surface area contributed by atoms with Crippen molar-refractivity contribution >= 4 is 17.4 Å². The molecule has 1 unspecified atom stereocenters. The van der Waals surface area contributed by atoms with E-state index in [2.05, 4.69) is 15.4 Å². The Balaban J connectivity index is 1.61. The first kappa shape index (κ1) is 19.0. The van der Waals surface area contributed by atoms with E-state index in [9.17, 15) is 19.4 Å². The van der Waals surface area contributed by atoms with Gasteiger partial charge >= 0.3 is 0 Å². The molecule has 3 aliphatic rings. The van der Waals surface area contributed by atoms with Crippen LogP contribution in [-0.4, -0.2) is 68.7 Å². The largest absolute Gasteiger partial charge is 0.495 e. The summed E-state index contributed by atoms with van der Waals surface area (Å²) in [5, 5.41) is 27.5. The van der Waals surface area contributed by atoms with Crippen molar-refractivity contribution in [3.63, 3.8) is 0 Å². The number of anilines is 1. The molecular weight excluding hydrogens is 393 g/mol. The molecule has 5 rings (SSSR count). The number of aliphatic hydroxyl groups is 2. The number of ether oxygens (including phenoxy) is 1. The highest BCUT2D eigenvalue weighted by molar-refractivity contribution is 5.99. The Morgan fingerprint density at radius 2 is 2.13 bits per heavy atom. The number of nitrogens with one attached hydrogen (secondary N) is 1. The predicted octanol–water partition coefficient (Wildman–Crippen LogP) is 0.547. The summed E-state index contributed by atoms with van der Waals surface area (Å²) in [5.41, 5.74) is 0.656. The van der Waals surface area contributed by atoms with Crippen LogP contribution in [0, 0.1) is 5.92 Å². The van der Waals surface area contributed by atoms with Crippen molar-refractivity contribution in [1.82, 2.24) is 19.9 Å². The molecule has 3 N–H and O–H groups in total. The normalized spacial score (nSPS) is 29.4. The molecule has 10 heteroatoms. The molecular formula is C20H22FN5O4. The van der Waals surface area contributed by atoms with Gasteiger partial charge in [-0.1, -0.05) is 0 Å². The molecule has 4 atom stereocenters. The highest BCUT2D eigenvalue weighted by Gasteiger charge is 2.41. The van der Waals surface area contributed by atoms with Crippen LogP contribution in [0.5, 0.6) is 0 Å². The van der Waals surface area contributed by atoms with E-state index in [1.165, 1.54) is 16.8 Å². The van der Waals surface area contributed by atoms with E-state index in [-0.39, 0.29) is 42.9 Å². The van der Waals surface area contributed by atoms with Crippen LogP contribution in [0.1, 0.15) is 23.2 Å². The Kier molecular flexibility index (Phi) is 4.67. The molecule has 30 heavy (non-hydrogen) atoms. The first-order chi connectivity index (χ1) is 14.5.